The molecule has 0 unspecified atom stereocenters. The highest BCUT2D eigenvalue weighted by Gasteiger charge is 2.23. The van der Waals surface area contributed by atoms with Gasteiger partial charge in [-0.3, -0.25) is 0 Å². The minimum Gasteiger partial charge on any atom is -0.459 e. The lowest BCUT2D eigenvalue weighted by molar-refractivity contribution is 0.0475. The molecule has 0 radical (unpaired) electrons. The highest BCUT2D eigenvalue weighted by atomic mass is 32.2. The zero-order valence-electron chi connectivity index (χ0n) is 8.43. The van der Waals surface area contributed by atoms with Crippen LogP contribution in [0.1, 0.15) is 30.5 Å². The summed E-state index contributed by atoms with van der Waals surface area (Å²) in [5, 5.41) is 7.83. The third-order valence-corrected chi connectivity index (χ3v) is 3.05. The average Bonchev–Trinajstić information content (AvgIpc) is 2.93. The normalized spacial score (nSPS) is 15.3. The van der Waals surface area contributed by atoms with E-state index in [1.54, 1.807) is 6.92 Å². The van der Waals surface area contributed by atoms with Gasteiger partial charge in [-0.15, -0.1) is 5.10 Å². The van der Waals surface area contributed by atoms with Crippen LogP contribution in [0.2, 0.25) is 0 Å². The van der Waals surface area contributed by atoms with Crippen LogP contribution in [0.5, 0.6) is 0 Å². The molecule has 0 atom stereocenters. The summed E-state index contributed by atoms with van der Waals surface area (Å²) < 4.78 is 9.88. The molecule has 6 heteroatoms. The molecule has 1 aromatic heterocycles. The van der Waals surface area contributed by atoms with Crippen molar-refractivity contribution in [3.63, 3.8) is 0 Å². The van der Waals surface area contributed by atoms with Crippen LogP contribution in [0.3, 0.4) is 0 Å². The molecule has 0 saturated heterocycles. The number of nitrogens with zero attached hydrogens (tertiary/aromatic N) is 2. The number of carbonyl (C=O) groups is 1. The van der Waals surface area contributed by atoms with E-state index in [0.717, 1.165) is 11.7 Å². The fraction of sp³-hybridized carbons (Fsp3) is 0.667. The largest absolute Gasteiger partial charge is 0.459 e. The van der Waals surface area contributed by atoms with Gasteiger partial charge in [0.2, 0.25) is 0 Å². The van der Waals surface area contributed by atoms with E-state index in [2.05, 4.69) is 10.2 Å². The fourth-order valence-corrected chi connectivity index (χ4v) is 1.97. The number of hydrogen-bond donors (Lipinski definition) is 0. The van der Waals surface area contributed by atoms with Crippen molar-refractivity contribution >= 4 is 17.7 Å². The van der Waals surface area contributed by atoms with Crippen molar-refractivity contribution in [2.45, 2.75) is 25.0 Å². The van der Waals surface area contributed by atoms with Crippen LogP contribution in [0.15, 0.2) is 9.64 Å². The Bertz CT molecular complexity index is 349. The van der Waals surface area contributed by atoms with Gasteiger partial charge in [0.1, 0.15) is 0 Å². The summed E-state index contributed by atoms with van der Waals surface area (Å²) >= 11 is 1.50. The number of rotatable bonds is 5. The van der Waals surface area contributed by atoms with Crippen LogP contribution in [0.4, 0.5) is 0 Å². The minimum absolute atomic E-state index is 0.0600. The molecule has 0 aliphatic heterocycles. The van der Waals surface area contributed by atoms with E-state index in [-0.39, 0.29) is 5.89 Å². The van der Waals surface area contributed by atoms with Gasteiger partial charge < -0.3 is 9.15 Å². The molecule has 1 aliphatic rings. The first-order valence-electron chi connectivity index (χ1n) is 4.93. The second-order valence-corrected chi connectivity index (χ2v) is 4.32. The Morgan fingerprint density at radius 3 is 3.07 bits per heavy atom. The van der Waals surface area contributed by atoms with Crippen LogP contribution in [0.25, 0.3) is 0 Å². The van der Waals surface area contributed by atoms with Crippen LogP contribution in [0, 0.1) is 5.92 Å². The third-order valence-electron chi connectivity index (χ3n) is 2.00. The van der Waals surface area contributed by atoms with Crippen molar-refractivity contribution in [1.82, 2.24) is 10.2 Å². The maximum absolute atomic E-state index is 11.2. The Kier molecular flexibility index (Phi) is 3.25. The number of esters is 1. The summed E-state index contributed by atoms with van der Waals surface area (Å²) in [6, 6.07) is 0. The Morgan fingerprint density at radius 2 is 2.40 bits per heavy atom. The van der Waals surface area contributed by atoms with Crippen molar-refractivity contribution < 1.29 is 13.9 Å². The summed E-state index contributed by atoms with van der Waals surface area (Å²) in [4.78, 5) is 11.2. The van der Waals surface area contributed by atoms with Gasteiger partial charge >= 0.3 is 11.9 Å². The number of ether oxygens (including phenoxy) is 1. The Hall–Kier alpha value is -1.04. The van der Waals surface area contributed by atoms with Gasteiger partial charge in [0.25, 0.3) is 5.22 Å². The lowest BCUT2D eigenvalue weighted by Gasteiger charge is -1.94. The summed E-state index contributed by atoms with van der Waals surface area (Å²) in [6.45, 7) is 2.04. The highest BCUT2D eigenvalue weighted by Crippen LogP contribution is 2.34. The molecule has 0 aromatic carbocycles. The summed E-state index contributed by atoms with van der Waals surface area (Å²) in [6.07, 6.45) is 2.57. The third kappa shape index (κ3) is 2.95. The van der Waals surface area contributed by atoms with E-state index < -0.39 is 5.97 Å². The first-order valence-corrected chi connectivity index (χ1v) is 5.91. The lowest BCUT2D eigenvalue weighted by Crippen LogP contribution is -2.04. The maximum Gasteiger partial charge on any atom is 0.396 e. The predicted octanol–water partition coefficient (Wildman–Crippen LogP) is 1.75. The molecule has 1 aliphatic carbocycles. The van der Waals surface area contributed by atoms with E-state index in [1.807, 2.05) is 0 Å². The second kappa shape index (κ2) is 4.65. The molecule has 82 valence electrons. The van der Waals surface area contributed by atoms with Crippen molar-refractivity contribution in [2.24, 2.45) is 5.92 Å². The van der Waals surface area contributed by atoms with E-state index in [9.17, 15) is 4.79 Å². The molecule has 1 heterocycles. The van der Waals surface area contributed by atoms with Crippen LogP contribution >= 0.6 is 11.8 Å². The number of carbonyl (C=O) groups excluding carboxylic acids is 1. The zero-order valence-corrected chi connectivity index (χ0v) is 9.25. The molecule has 1 aromatic rings. The summed E-state index contributed by atoms with van der Waals surface area (Å²) in [7, 11) is 0. The second-order valence-electron chi connectivity index (χ2n) is 3.35. The standard InChI is InChI=1S/C9H12N2O3S/c1-2-13-8(12)7-10-11-9(14-7)15-5-6-3-4-6/h6H,2-5H2,1H3. The molecule has 1 saturated carbocycles. The molecule has 5 nitrogen and oxygen atoms in total. The maximum atomic E-state index is 11.2. The Balaban J connectivity index is 1.87. The van der Waals surface area contributed by atoms with Crippen LogP contribution < -0.4 is 0 Å². The minimum atomic E-state index is -0.553. The summed E-state index contributed by atoms with van der Waals surface area (Å²) in [5.74, 6) is 1.16. The molecule has 0 spiro atoms. The number of thioether (sulfide) groups is 1. The van der Waals surface area contributed by atoms with Crippen molar-refractivity contribution in [3.8, 4) is 0 Å². The van der Waals surface area contributed by atoms with Crippen molar-refractivity contribution in [1.29, 1.82) is 0 Å². The van der Waals surface area contributed by atoms with Gasteiger partial charge in [0, 0.05) is 5.75 Å². The van der Waals surface area contributed by atoms with Crippen molar-refractivity contribution in [3.05, 3.63) is 5.89 Å². The van der Waals surface area contributed by atoms with Gasteiger partial charge in [-0.25, -0.2) is 4.79 Å². The SMILES string of the molecule is CCOC(=O)c1nnc(SCC2CC2)o1. The smallest absolute Gasteiger partial charge is 0.396 e. The first-order chi connectivity index (χ1) is 7.29. The predicted molar refractivity (Wildman–Crippen MR) is 53.7 cm³/mol. The lowest BCUT2D eigenvalue weighted by atomic mass is 10.5. The quantitative estimate of drug-likeness (QED) is 0.565. The molecule has 0 amide bonds. The molecule has 2 rings (SSSR count). The topological polar surface area (TPSA) is 65.2 Å². The van der Waals surface area contributed by atoms with Gasteiger partial charge in [-0.2, -0.15) is 0 Å². The highest BCUT2D eigenvalue weighted by molar-refractivity contribution is 7.99. The van der Waals surface area contributed by atoms with Gasteiger partial charge in [0.15, 0.2) is 0 Å². The van der Waals surface area contributed by atoms with E-state index in [1.165, 1.54) is 24.6 Å². The molecule has 15 heavy (non-hydrogen) atoms. The monoisotopic (exact) mass is 228 g/mol. The Labute approximate surface area is 91.6 Å². The average molecular weight is 228 g/mol. The van der Waals surface area contributed by atoms with E-state index in [0.29, 0.717) is 11.8 Å². The van der Waals surface area contributed by atoms with Crippen molar-refractivity contribution in [2.75, 3.05) is 12.4 Å². The van der Waals surface area contributed by atoms with Crippen LogP contribution in [-0.2, 0) is 4.74 Å². The van der Waals surface area contributed by atoms with Crippen LogP contribution in [-0.4, -0.2) is 28.5 Å². The van der Waals surface area contributed by atoms with E-state index >= 15 is 0 Å². The zero-order chi connectivity index (χ0) is 10.7. The molecule has 0 bridgehead atoms. The molecular weight excluding hydrogens is 216 g/mol. The van der Waals surface area contributed by atoms with E-state index in [4.69, 9.17) is 9.15 Å². The number of hydrogen-bond acceptors (Lipinski definition) is 6. The summed E-state index contributed by atoms with van der Waals surface area (Å²) in [5.41, 5.74) is 0. The fourth-order valence-electron chi connectivity index (χ4n) is 1.02. The van der Waals surface area contributed by atoms with Gasteiger partial charge in [0.05, 0.1) is 6.61 Å². The number of aromatic nitrogens is 2. The van der Waals surface area contributed by atoms with Gasteiger partial charge in [-0.1, -0.05) is 16.9 Å². The first kappa shape index (κ1) is 10.5. The Morgan fingerprint density at radius 1 is 1.60 bits per heavy atom. The molecule has 1 fully saturated rings. The molecule has 0 N–H and O–H groups in total. The van der Waals surface area contributed by atoms with Gasteiger partial charge in [-0.05, 0) is 25.7 Å². The molecular formula is C9H12N2O3S.